The summed E-state index contributed by atoms with van der Waals surface area (Å²) >= 11 is 5.89. The van der Waals surface area contributed by atoms with E-state index in [4.69, 9.17) is 11.6 Å². The van der Waals surface area contributed by atoms with Crippen molar-refractivity contribution in [2.75, 3.05) is 5.32 Å². The maximum atomic E-state index is 12.8. The van der Waals surface area contributed by atoms with Crippen LogP contribution in [-0.4, -0.2) is 5.91 Å². The lowest BCUT2D eigenvalue weighted by Crippen LogP contribution is -2.39. The average molecular weight is 386 g/mol. The van der Waals surface area contributed by atoms with Gasteiger partial charge in [0, 0.05) is 12.1 Å². The quantitative estimate of drug-likeness (QED) is 0.682. The number of anilines is 1. The van der Waals surface area contributed by atoms with Crippen LogP contribution >= 0.6 is 11.6 Å². The Bertz CT molecular complexity index is 756. The molecule has 140 valence electrons. The average Bonchev–Trinajstić information content (AvgIpc) is 2.58. The highest BCUT2D eigenvalue weighted by atomic mass is 35.5. The van der Waals surface area contributed by atoms with E-state index < -0.39 is 17.6 Å². The fourth-order valence-electron chi connectivity index (χ4n) is 2.76. The van der Waals surface area contributed by atoms with Crippen molar-refractivity contribution in [2.24, 2.45) is 0 Å². The molecule has 1 aromatic heterocycles. The Balaban J connectivity index is 2.07. The Hall–Kier alpha value is -2.08. The van der Waals surface area contributed by atoms with E-state index in [1.54, 1.807) is 17.0 Å². The first-order valence-electron chi connectivity index (χ1n) is 8.40. The summed E-state index contributed by atoms with van der Waals surface area (Å²) in [5, 5.41) is 2.50. The van der Waals surface area contributed by atoms with Crippen LogP contribution in [0.25, 0.3) is 0 Å². The van der Waals surface area contributed by atoms with E-state index in [2.05, 4.69) is 19.2 Å². The number of carbonyl (C=O) groups is 1. The third kappa shape index (κ3) is 5.21. The van der Waals surface area contributed by atoms with Crippen LogP contribution in [0.4, 0.5) is 18.9 Å². The molecule has 0 radical (unpaired) electrons. The minimum atomic E-state index is -4.50. The van der Waals surface area contributed by atoms with E-state index in [0.29, 0.717) is 5.92 Å². The number of carbonyl (C=O) groups excluding carboxylic acids is 1. The zero-order valence-corrected chi connectivity index (χ0v) is 15.4. The van der Waals surface area contributed by atoms with Crippen molar-refractivity contribution in [3.63, 3.8) is 0 Å². The summed E-state index contributed by atoms with van der Waals surface area (Å²) in [5.74, 6) is 0.0221. The Morgan fingerprint density at radius 2 is 1.77 bits per heavy atom. The molecule has 2 rings (SSSR count). The summed E-state index contributed by atoms with van der Waals surface area (Å²) in [6.07, 6.45) is 1.16. The van der Waals surface area contributed by atoms with Gasteiger partial charge in [0.25, 0.3) is 5.91 Å². The summed E-state index contributed by atoms with van der Waals surface area (Å²) in [7, 11) is 0. The molecule has 1 N–H and O–H groups in total. The number of hydrogen-bond donors (Lipinski definition) is 1. The largest absolute Gasteiger partial charge is 0.416 e. The van der Waals surface area contributed by atoms with Gasteiger partial charge >= 0.3 is 6.18 Å². The summed E-state index contributed by atoms with van der Waals surface area (Å²) < 4.78 is 40.0. The minimum absolute atomic E-state index is 0.0181. The normalized spacial score (nSPS) is 11.7. The highest BCUT2D eigenvalue weighted by Crippen LogP contribution is 2.33. The second kappa shape index (κ2) is 8.54. The Morgan fingerprint density at radius 1 is 1.15 bits per heavy atom. The third-order valence-electron chi connectivity index (χ3n) is 4.27. The molecule has 1 amide bonds. The monoisotopic (exact) mass is 385 g/mol. The molecule has 0 aliphatic carbocycles. The number of aromatic nitrogens is 1. The van der Waals surface area contributed by atoms with Gasteiger partial charge < -0.3 is 5.32 Å². The molecule has 0 aliphatic rings. The Kier molecular flexibility index (Phi) is 6.64. The summed E-state index contributed by atoms with van der Waals surface area (Å²) in [6.45, 7) is 4.23. The molecule has 3 nitrogen and oxygen atoms in total. The van der Waals surface area contributed by atoms with Crippen LogP contribution in [0, 0.1) is 0 Å². The molecular weight excluding hydrogens is 365 g/mol. The number of nitrogens with one attached hydrogen (secondary N) is 1. The molecule has 26 heavy (non-hydrogen) atoms. The topological polar surface area (TPSA) is 33.0 Å². The van der Waals surface area contributed by atoms with Crippen LogP contribution in [0.15, 0.2) is 42.7 Å². The molecule has 0 atom stereocenters. The van der Waals surface area contributed by atoms with Crippen molar-refractivity contribution < 1.29 is 22.5 Å². The predicted octanol–water partition coefficient (Wildman–Crippen LogP) is 5.19. The molecule has 0 unspecified atom stereocenters. The number of alkyl halides is 3. The third-order valence-corrected chi connectivity index (χ3v) is 4.60. The van der Waals surface area contributed by atoms with Crippen molar-refractivity contribution in [3.8, 4) is 0 Å². The van der Waals surface area contributed by atoms with Gasteiger partial charge in [-0.3, -0.25) is 4.79 Å². The molecule has 0 bridgehead atoms. The van der Waals surface area contributed by atoms with E-state index in [0.717, 1.165) is 31.0 Å². The lowest BCUT2D eigenvalue weighted by molar-refractivity contribution is -0.684. The van der Waals surface area contributed by atoms with E-state index in [1.165, 1.54) is 5.56 Å². The van der Waals surface area contributed by atoms with Crippen LogP contribution in [0.3, 0.4) is 0 Å². The highest BCUT2D eigenvalue weighted by Gasteiger charge is 2.31. The standard InChI is InChI=1S/C19H20ClF3N2O/c1-3-13(4-2)14-7-9-25(10-8-14)12-18(26)24-17-11-15(19(21,22)23)5-6-16(17)20/h5-11,13H,3-4,12H2,1-2H3/p+1. The summed E-state index contributed by atoms with van der Waals surface area (Å²) in [5.41, 5.74) is 0.285. The molecule has 0 spiro atoms. The first kappa shape index (κ1) is 20.2. The second-order valence-corrected chi connectivity index (χ2v) is 6.46. The number of amides is 1. The van der Waals surface area contributed by atoms with E-state index in [1.807, 2.05) is 12.1 Å². The molecule has 2 aromatic rings. The number of nitrogens with zero attached hydrogens (tertiary/aromatic N) is 1. The minimum Gasteiger partial charge on any atom is -0.319 e. The SMILES string of the molecule is CCC(CC)c1cc[n+](CC(=O)Nc2cc(C(F)(F)F)ccc2Cl)cc1. The highest BCUT2D eigenvalue weighted by molar-refractivity contribution is 6.33. The zero-order chi connectivity index (χ0) is 19.3. The van der Waals surface area contributed by atoms with Gasteiger partial charge in [0.15, 0.2) is 12.4 Å². The van der Waals surface area contributed by atoms with Gasteiger partial charge in [0.2, 0.25) is 6.54 Å². The maximum Gasteiger partial charge on any atom is 0.416 e. The van der Waals surface area contributed by atoms with Gasteiger partial charge in [-0.05, 0) is 42.5 Å². The van der Waals surface area contributed by atoms with Crippen LogP contribution in [0.1, 0.15) is 43.7 Å². The number of halogens is 4. The van der Waals surface area contributed by atoms with Crippen molar-refractivity contribution in [3.05, 3.63) is 58.9 Å². The van der Waals surface area contributed by atoms with Crippen molar-refractivity contribution >= 4 is 23.2 Å². The number of hydrogen-bond acceptors (Lipinski definition) is 1. The fraction of sp³-hybridized carbons (Fsp3) is 0.368. The molecule has 0 aliphatic heterocycles. The van der Waals surface area contributed by atoms with Crippen LogP contribution < -0.4 is 9.88 Å². The smallest absolute Gasteiger partial charge is 0.319 e. The van der Waals surface area contributed by atoms with Gasteiger partial charge in [0.05, 0.1) is 16.3 Å². The van der Waals surface area contributed by atoms with Crippen molar-refractivity contribution in [1.82, 2.24) is 0 Å². The van der Waals surface area contributed by atoms with Crippen LogP contribution in [-0.2, 0) is 17.5 Å². The lowest BCUT2D eigenvalue weighted by atomic mass is 9.95. The molecule has 1 heterocycles. The van der Waals surface area contributed by atoms with E-state index in [-0.39, 0.29) is 17.3 Å². The van der Waals surface area contributed by atoms with Gasteiger partial charge in [-0.2, -0.15) is 17.7 Å². The molecule has 0 fully saturated rings. The summed E-state index contributed by atoms with van der Waals surface area (Å²) in [4.78, 5) is 12.2. The van der Waals surface area contributed by atoms with Crippen LogP contribution in [0.5, 0.6) is 0 Å². The lowest BCUT2D eigenvalue weighted by Gasteiger charge is -2.12. The van der Waals surface area contributed by atoms with Gasteiger partial charge in [0.1, 0.15) is 0 Å². The molecule has 0 saturated carbocycles. The number of rotatable bonds is 6. The van der Waals surface area contributed by atoms with Crippen LogP contribution in [0.2, 0.25) is 5.02 Å². The molecular formula is C19H21ClF3N2O+. The van der Waals surface area contributed by atoms with Gasteiger partial charge in [-0.1, -0.05) is 25.4 Å². The first-order chi connectivity index (χ1) is 12.2. The van der Waals surface area contributed by atoms with Crippen molar-refractivity contribution in [1.29, 1.82) is 0 Å². The number of benzene rings is 1. The van der Waals surface area contributed by atoms with E-state index in [9.17, 15) is 18.0 Å². The fourth-order valence-corrected chi connectivity index (χ4v) is 2.92. The first-order valence-corrected chi connectivity index (χ1v) is 8.78. The molecule has 1 aromatic carbocycles. The predicted molar refractivity (Wildman–Crippen MR) is 95.0 cm³/mol. The van der Waals surface area contributed by atoms with E-state index >= 15 is 0 Å². The Morgan fingerprint density at radius 3 is 2.31 bits per heavy atom. The Labute approximate surface area is 155 Å². The zero-order valence-electron chi connectivity index (χ0n) is 14.6. The molecule has 7 heteroatoms. The molecule has 0 saturated heterocycles. The second-order valence-electron chi connectivity index (χ2n) is 6.06. The summed E-state index contributed by atoms with van der Waals surface area (Å²) in [6, 6.07) is 6.76. The maximum absolute atomic E-state index is 12.8. The van der Waals surface area contributed by atoms with Gasteiger partial charge in [-0.25, -0.2) is 0 Å². The van der Waals surface area contributed by atoms with Gasteiger partial charge in [-0.15, -0.1) is 0 Å². The van der Waals surface area contributed by atoms with Crippen molar-refractivity contribution in [2.45, 2.75) is 45.3 Å². The number of pyridine rings is 1.